The largest absolute Gasteiger partial charge is 0.256 e. The number of rotatable bonds is 6. The van der Waals surface area contributed by atoms with Gasteiger partial charge in [0.05, 0.1) is 5.69 Å². The Hall–Kier alpha value is -1.70. The lowest BCUT2D eigenvalue weighted by atomic mass is 9.77. The van der Waals surface area contributed by atoms with Gasteiger partial charge in [-0.3, -0.25) is 4.98 Å². The molecule has 0 atom stereocenters. The highest BCUT2D eigenvalue weighted by molar-refractivity contribution is 5.60. The molecule has 1 aliphatic rings. The minimum atomic E-state index is -0.161. The summed E-state index contributed by atoms with van der Waals surface area (Å²) in [5, 5.41) is 0. The van der Waals surface area contributed by atoms with E-state index in [0.717, 1.165) is 30.0 Å². The molecule has 0 spiro atoms. The number of hydrogen-bond acceptors (Lipinski definition) is 1. The molecule has 1 aromatic carbocycles. The van der Waals surface area contributed by atoms with Crippen molar-refractivity contribution in [3.05, 3.63) is 53.5 Å². The fourth-order valence-corrected chi connectivity index (χ4v) is 4.21. The summed E-state index contributed by atoms with van der Waals surface area (Å²) in [6, 6.07) is 9.70. The van der Waals surface area contributed by atoms with Gasteiger partial charge in [0.15, 0.2) is 0 Å². The second-order valence-corrected chi connectivity index (χ2v) is 7.55. The van der Waals surface area contributed by atoms with Gasteiger partial charge in [-0.2, -0.15) is 0 Å². The Labute approximate surface area is 151 Å². The molecule has 0 aliphatic heterocycles. The molecule has 1 nitrogen and oxygen atoms in total. The van der Waals surface area contributed by atoms with Crippen LogP contribution in [0.15, 0.2) is 36.5 Å². The standard InChI is InChI=1S/C23H30FN/c1-3-5-17-7-10-19(11-8-17)20-12-14-23(25-16-20)21-13-9-18(6-4-2)15-22(21)24/h9,12-17,19H,3-8,10-11H2,1-2H3. The average molecular weight is 339 g/mol. The molecule has 0 amide bonds. The number of nitrogens with zero attached hydrogens (tertiary/aromatic N) is 1. The summed E-state index contributed by atoms with van der Waals surface area (Å²) in [4.78, 5) is 4.58. The van der Waals surface area contributed by atoms with Gasteiger partial charge >= 0.3 is 0 Å². The predicted molar refractivity (Wildman–Crippen MR) is 103 cm³/mol. The summed E-state index contributed by atoms with van der Waals surface area (Å²) >= 11 is 0. The molecule has 0 radical (unpaired) electrons. The van der Waals surface area contributed by atoms with Crippen molar-refractivity contribution < 1.29 is 4.39 Å². The summed E-state index contributed by atoms with van der Waals surface area (Å²) < 4.78 is 14.4. The maximum Gasteiger partial charge on any atom is 0.132 e. The van der Waals surface area contributed by atoms with Crippen LogP contribution in [0.25, 0.3) is 11.3 Å². The van der Waals surface area contributed by atoms with E-state index in [1.54, 1.807) is 6.07 Å². The van der Waals surface area contributed by atoms with Crippen LogP contribution in [0, 0.1) is 11.7 Å². The van der Waals surface area contributed by atoms with Crippen LogP contribution in [0.2, 0.25) is 0 Å². The van der Waals surface area contributed by atoms with Gasteiger partial charge in [0.25, 0.3) is 0 Å². The van der Waals surface area contributed by atoms with E-state index < -0.39 is 0 Å². The van der Waals surface area contributed by atoms with Crippen LogP contribution in [-0.2, 0) is 6.42 Å². The normalized spacial score (nSPS) is 20.6. The second-order valence-electron chi connectivity index (χ2n) is 7.55. The van der Waals surface area contributed by atoms with E-state index in [2.05, 4.69) is 24.9 Å². The Kier molecular flexibility index (Phi) is 6.23. The molecule has 0 bridgehead atoms. The van der Waals surface area contributed by atoms with Gasteiger partial charge in [-0.15, -0.1) is 0 Å². The molecule has 2 aromatic rings. The van der Waals surface area contributed by atoms with Crippen LogP contribution in [0.3, 0.4) is 0 Å². The highest BCUT2D eigenvalue weighted by Crippen LogP contribution is 2.37. The zero-order valence-corrected chi connectivity index (χ0v) is 15.6. The molecule has 0 unspecified atom stereocenters. The van der Waals surface area contributed by atoms with Crippen molar-refractivity contribution in [2.75, 3.05) is 0 Å². The maximum atomic E-state index is 14.4. The van der Waals surface area contributed by atoms with E-state index in [1.807, 2.05) is 24.4 Å². The smallest absolute Gasteiger partial charge is 0.132 e. The summed E-state index contributed by atoms with van der Waals surface area (Å²) in [6.45, 7) is 4.39. The lowest BCUT2D eigenvalue weighted by Gasteiger charge is -2.28. The summed E-state index contributed by atoms with van der Waals surface area (Å²) in [5.41, 5.74) is 3.73. The number of aryl methyl sites for hydroxylation is 1. The number of benzene rings is 1. The maximum absolute atomic E-state index is 14.4. The van der Waals surface area contributed by atoms with E-state index in [0.29, 0.717) is 11.5 Å². The molecule has 1 aliphatic carbocycles. The number of aromatic nitrogens is 1. The molecule has 134 valence electrons. The Morgan fingerprint density at radius 1 is 1.00 bits per heavy atom. The highest BCUT2D eigenvalue weighted by atomic mass is 19.1. The number of halogens is 1. The van der Waals surface area contributed by atoms with Crippen molar-refractivity contribution in [1.29, 1.82) is 0 Å². The molecule has 1 heterocycles. The lowest BCUT2D eigenvalue weighted by molar-refractivity contribution is 0.308. The summed E-state index contributed by atoms with van der Waals surface area (Å²) in [7, 11) is 0. The molecule has 1 aromatic heterocycles. The van der Waals surface area contributed by atoms with E-state index in [4.69, 9.17) is 0 Å². The van der Waals surface area contributed by atoms with E-state index in [9.17, 15) is 4.39 Å². The molecule has 0 saturated heterocycles. The quantitative estimate of drug-likeness (QED) is 0.557. The Balaban J connectivity index is 1.68. The minimum Gasteiger partial charge on any atom is -0.256 e. The highest BCUT2D eigenvalue weighted by Gasteiger charge is 2.22. The predicted octanol–water partition coefficient (Wildman–Crippen LogP) is 6.91. The van der Waals surface area contributed by atoms with Crippen molar-refractivity contribution in [3.63, 3.8) is 0 Å². The zero-order valence-electron chi connectivity index (χ0n) is 15.6. The van der Waals surface area contributed by atoms with Gasteiger partial charge in [-0.25, -0.2) is 4.39 Å². The van der Waals surface area contributed by atoms with Crippen LogP contribution in [0.5, 0.6) is 0 Å². The van der Waals surface area contributed by atoms with Gasteiger partial charge < -0.3 is 0 Å². The van der Waals surface area contributed by atoms with Gasteiger partial charge in [0.2, 0.25) is 0 Å². The molecule has 1 saturated carbocycles. The molecule has 0 N–H and O–H groups in total. The molecule has 3 rings (SSSR count). The third kappa shape index (κ3) is 4.48. The van der Waals surface area contributed by atoms with Crippen molar-refractivity contribution >= 4 is 0 Å². The fraction of sp³-hybridized carbons (Fsp3) is 0.522. The van der Waals surface area contributed by atoms with Gasteiger partial charge in [-0.1, -0.05) is 45.2 Å². The van der Waals surface area contributed by atoms with Crippen molar-refractivity contribution in [3.8, 4) is 11.3 Å². The first-order chi connectivity index (χ1) is 12.2. The first-order valence-electron chi connectivity index (χ1n) is 9.96. The number of pyridine rings is 1. The van der Waals surface area contributed by atoms with Crippen LogP contribution < -0.4 is 0 Å². The number of hydrogen-bond donors (Lipinski definition) is 0. The van der Waals surface area contributed by atoms with Crippen LogP contribution in [0.4, 0.5) is 4.39 Å². The lowest BCUT2D eigenvalue weighted by Crippen LogP contribution is -2.13. The van der Waals surface area contributed by atoms with Gasteiger partial charge in [-0.05, 0) is 73.3 Å². The van der Waals surface area contributed by atoms with E-state index >= 15 is 0 Å². The SMILES string of the molecule is CCCc1ccc(-c2ccc(C3CCC(CCC)CC3)cn2)c(F)c1. The second kappa shape index (κ2) is 8.60. The van der Waals surface area contributed by atoms with Crippen molar-refractivity contribution in [2.45, 2.75) is 71.1 Å². The Morgan fingerprint density at radius 3 is 2.40 bits per heavy atom. The average Bonchev–Trinajstić information content (AvgIpc) is 2.63. The molecule has 25 heavy (non-hydrogen) atoms. The molecular weight excluding hydrogens is 309 g/mol. The van der Waals surface area contributed by atoms with Gasteiger partial charge in [0.1, 0.15) is 5.82 Å². The molecule has 2 heteroatoms. The zero-order chi connectivity index (χ0) is 17.6. The van der Waals surface area contributed by atoms with E-state index in [1.165, 1.54) is 44.1 Å². The first-order valence-corrected chi connectivity index (χ1v) is 9.96. The van der Waals surface area contributed by atoms with Crippen LogP contribution in [-0.4, -0.2) is 4.98 Å². The summed E-state index contributed by atoms with van der Waals surface area (Å²) in [6.07, 6.45) is 11.8. The molecule has 1 fully saturated rings. The fourth-order valence-electron chi connectivity index (χ4n) is 4.21. The van der Waals surface area contributed by atoms with Crippen molar-refractivity contribution in [2.24, 2.45) is 5.92 Å². The van der Waals surface area contributed by atoms with Crippen molar-refractivity contribution in [1.82, 2.24) is 4.98 Å². The van der Waals surface area contributed by atoms with E-state index in [-0.39, 0.29) is 5.82 Å². The van der Waals surface area contributed by atoms with Crippen LogP contribution >= 0.6 is 0 Å². The Bertz CT molecular complexity index is 669. The topological polar surface area (TPSA) is 12.9 Å². The minimum absolute atomic E-state index is 0.161. The third-order valence-corrected chi connectivity index (χ3v) is 5.65. The summed E-state index contributed by atoms with van der Waals surface area (Å²) in [5.74, 6) is 1.39. The van der Waals surface area contributed by atoms with Crippen LogP contribution in [0.1, 0.15) is 75.8 Å². The van der Waals surface area contributed by atoms with Gasteiger partial charge in [0, 0.05) is 11.8 Å². The first kappa shape index (κ1) is 18.1. The molecular formula is C23H30FN. The monoisotopic (exact) mass is 339 g/mol. The Morgan fingerprint density at radius 2 is 1.80 bits per heavy atom. The third-order valence-electron chi connectivity index (χ3n) is 5.65.